The van der Waals surface area contributed by atoms with Gasteiger partial charge in [-0.2, -0.15) is 0 Å². The molecule has 142 valence electrons. The van der Waals surface area contributed by atoms with Gasteiger partial charge in [-0.15, -0.1) is 0 Å². The number of hydrogen-bond donors (Lipinski definition) is 0. The molecule has 0 fully saturated rings. The summed E-state index contributed by atoms with van der Waals surface area (Å²) < 4.78 is 13.9. The fourth-order valence-corrected chi connectivity index (χ4v) is 6.68. The highest BCUT2D eigenvalue weighted by Crippen LogP contribution is 2.36. The molecule has 2 rings (SSSR count). The van der Waals surface area contributed by atoms with Gasteiger partial charge >= 0.3 is 8.56 Å². The molecule has 0 N–H and O–H groups in total. The zero-order valence-electron chi connectivity index (χ0n) is 17.6. The highest BCUT2D eigenvalue weighted by Gasteiger charge is 2.51. The van der Waals surface area contributed by atoms with Crippen LogP contribution in [0.25, 0.3) is 0 Å². The summed E-state index contributed by atoms with van der Waals surface area (Å²) in [4.78, 5) is 0. The molecular weight excluding hydrogens is 336 g/mol. The van der Waals surface area contributed by atoms with Crippen LogP contribution >= 0.6 is 0 Å². The highest BCUT2D eigenvalue weighted by atomic mass is 28.4. The molecule has 0 amide bonds. The Hall–Kier alpha value is -1.42. The van der Waals surface area contributed by atoms with Crippen LogP contribution in [0.3, 0.4) is 0 Å². The molecule has 0 aliphatic heterocycles. The number of hydrogen-bond acceptors (Lipinski definition) is 2. The van der Waals surface area contributed by atoms with E-state index in [1.165, 1.54) is 0 Å². The van der Waals surface area contributed by atoms with Crippen LogP contribution < -0.4 is 10.4 Å². The van der Waals surface area contributed by atoms with Crippen molar-refractivity contribution in [2.45, 2.75) is 66.6 Å². The minimum atomic E-state index is -2.93. The van der Waals surface area contributed by atoms with E-state index in [2.05, 4.69) is 104 Å². The lowest BCUT2D eigenvalue weighted by molar-refractivity contribution is -0.0415. The first kappa shape index (κ1) is 20.9. The number of rotatable bonds is 5. The Morgan fingerprint density at radius 3 is 1.27 bits per heavy atom. The Morgan fingerprint density at radius 1 is 0.577 bits per heavy atom. The Balaban J connectivity index is 2.73. The first-order valence-corrected chi connectivity index (χ1v) is 11.2. The van der Waals surface area contributed by atoms with Crippen molar-refractivity contribution in [3.05, 3.63) is 60.7 Å². The first-order valence-electron chi connectivity index (χ1n) is 9.39. The fraction of sp³-hybridized carbons (Fsp3) is 0.478. The van der Waals surface area contributed by atoms with Gasteiger partial charge in [-0.1, -0.05) is 81.4 Å². The summed E-state index contributed by atoms with van der Waals surface area (Å²) in [6.45, 7) is 17.3. The van der Waals surface area contributed by atoms with Gasteiger partial charge in [0, 0.05) is 0 Å². The number of benzene rings is 2. The van der Waals surface area contributed by atoms with Crippen LogP contribution in [0.2, 0.25) is 0 Å². The van der Waals surface area contributed by atoms with Gasteiger partial charge in [-0.25, -0.2) is 0 Å². The first-order chi connectivity index (χ1) is 11.9. The molecule has 0 radical (unpaired) electrons. The summed E-state index contributed by atoms with van der Waals surface area (Å²) in [7, 11) is -2.93. The summed E-state index contributed by atoms with van der Waals surface area (Å²) in [5, 5.41) is 2.27. The predicted molar refractivity (Wildman–Crippen MR) is 113 cm³/mol. The lowest BCUT2D eigenvalue weighted by Gasteiger charge is -2.47. The zero-order valence-corrected chi connectivity index (χ0v) is 18.6. The molecule has 0 bridgehead atoms. The summed E-state index contributed by atoms with van der Waals surface area (Å²) in [5.41, 5.74) is -0.724. The van der Waals surface area contributed by atoms with Crippen molar-refractivity contribution in [2.75, 3.05) is 0 Å². The van der Waals surface area contributed by atoms with E-state index in [9.17, 15) is 0 Å². The molecule has 0 atom stereocenters. The molecule has 2 aromatic carbocycles. The van der Waals surface area contributed by atoms with Gasteiger partial charge in [0.05, 0.1) is 11.2 Å². The molecule has 2 nitrogen and oxygen atoms in total. The Bertz CT molecular complexity index is 655. The van der Waals surface area contributed by atoms with Crippen molar-refractivity contribution >= 4 is 18.9 Å². The molecule has 26 heavy (non-hydrogen) atoms. The van der Waals surface area contributed by atoms with Crippen LogP contribution in [0.15, 0.2) is 60.7 Å². The fourth-order valence-electron chi connectivity index (χ4n) is 2.68. The van der Waals surface area contributed by atoms with Crippen LogP contribution in [-0.2, 0) is 8.85 Å². The quantitative estimate of drug-likeness (QED) is 0.697. The SMILES string of the molecule is CC(C)(C)O[Si](OC(C)(C)C(C)(C)C)(c1ccccc1)c1ccccc1. The van der Waals surface area contributed by atoms with Gasteiger partial charge in [-0.3, -0.25) is 0 Å². The van der Waals surface area contributed by atoms with Crippen molar-refractivity contribution in [1.29, 1.82) is 0 Å². The maximum absolute atomic E-state index is 7.05. The van der Waals surface area contributed by atoms with E-state index in [1.807, 2.05) is 12.1 Å². The van der Waals surface area contributed by atoms with E-state index in [-0.39, 0.29) is 16.6 Å². The molecule has 2 aromatic rings. The van der Waals surface area contributed by atoms with Crippen molar-refractivity contribution in [1.82, 2.24) is 0 Å². The maximum Gasteiger partial charge on any atom is 0.407 e. The topological polar surface area (TPSA) is 18.5 Å². The van der Waals surface area contributed by atoms with Gasteiger partial charge in [0.25, 0.3) is 0 Å². The van der Waals surface area contributed by atoms with Gasteiger partial charge in [0.2, 0.25) is 0 Å². The van der Waals surface area contributed by atoms with Gasteiger partial charge in [0.1, 0.15) is 0 Å². The van der Waals surface area contributed by atoms with E-state index < -0.39 is 8.56 Å². The second-order valence-corrected chi connectivity index (χ2v) is 12.2. The maximum atomic E-state index is 7.05. The molecule has 3 heteroatoms. The van der Waals surface area contributed by atoms with Crippen LogP contribution in [0.5, 0.6) is 0 Å². The van der Waals surface area contributed by atoms with Crippen molar-refractivity contribution in [3.8, 4) is 0 Å². The van der Waals surface area contributed by atoms with E-state index in [0.717, 1.165) is 10.4 Å². The molecule has 0 unspecified atom stereocenters. The third-order valence-corrected chi connectivity index (χ3v) is 8.85. The van der Waals surface area contributed by atoms with Crippen molar-refractivity contribution in [3.63, 3.8) is 0 Å². The third kappa shape index (κ3) is 4.64. The van der Waals surface area contributed by atoms with E-state index in [4.69, 9.17) is 8.85 Å². The average Bonchev–Trinajstić information content (AvgIpc) is 2.53. The smallest absolute Gasteiger partial charge is 0.383 e. The molecular formula is C23H34O2Si. The molecule has 0 saturated carbocycles. The average molecular weight is 371 g/mol. The van der Waals surface area contributed by atoms with Crippen LogP contribution in [0.4, 0.5) is 0 Å². The second kappa shape index (κ2) is 7.30. The molecule has 0 saturated heterocycles. The molecule has 0 aliphatic rings. The Kier molecular flexibility index (Phi) is 5.86. The van der Waals surface area contributed by atoms with E-state index >= 15 is 0 Å². The largest absolute Gasteiger partial charge is 0.407 e. The summed E-state index contributed by atoms with van der Waals surface area (Å²) in [5.74, 6) is 0. The Labute approximate surface area is 160 Å². The Morgan fingerprint density at radius 2 is 0.962 bits per heavy atom. The molecule has 0 spiro atoms. The summed E-state index contributed by atoms with van der Waals surface area (Å²) in [6, 6.07) is 20.9. The van der Waals surface area contributed by atoms with Crippen LogP contribution in [-0.4, -0.2) is 19.8 Å². The molecule has 0 aliphatic carbocycles. The van der Waals surface area contributed by atoms with E-state index in [1.54, 1.807) is 0 Å². The zero-order chi connectivity index (χ0) is 19.6. The predicted octanol–water partition coefficient (Wildman–Crippen LogP) is 4.90. The van der Waals surface area contributed by atoms with Gasteiger partial charge in [-0.05, 0) is 50.4 Å². The lowest BCUT2D eigenvalue weighted by atomic mass is 9.79. The van der Waals surface area contributed by atoms with Crippen molar-refractivity contribution in [2.24, 2.45) is 5.41 Å². The highest BCUT2D eigenvalue weighted by molar-refractivity contribution is 6.92. The van der Waals surface area contributed by atoms with Crippen molar-refractivity contribution < 1.29 is 8.85 Å². The lowest BCUT2D eigenvalue weighted by Crippen LogP contribution is -2.69. The summed E-state index contributed by atoms with van der Waals surface area (Å²) >= 11 is 0. The van der Waals surface area contributed by atoms with Gasteiger partial charge in [0.15, 0.2) is 0 Å². The summed E-state index contributed by atoms with van der Waals surface area (Å²) in [6.07, 6.45) is 0. The molecule has 0 aromatic heterocycles. The van der Waals surface area contributed by atoms with Gasteiger partial charge < -0.3 is 8.85 Å². The second-order valence-electron chi connectivity index (χ2n) is 9.43. The standard InChI is InChI=1S/C23H34O2Si/c1-21(2,3)23(7,8)25-26(24-22(4,5)6,19-15-11-9-12-16-19)20-17-13-10-14-18-20/h9-18H,1-8H3. The normalized spacial score (nSPS) is 13.7. The van der Waals surface area contributed by atoms with E-state index in [0.29, 0.717) is 0 Å². The minimum Gasteiger partial charge on any atom is -0.383 e. The molecule has 0 heterocycles. The third-order valence-electron chi connectivity index (χ3n) is 4.96. The monoisotopic (exact) mass is 370 g/mol. The minimum absolute atomic E-state index is 0.0317. The van der Waals surface area contributed by atoms with Crippen LogP contribution in [0, 0.1) is 5.41 Å². The van der Waals surface area contributed by atoms with Crippen LogP contribution in [0.1, 0.15) is 55.4 Å².